The molecule has 0 aromatic heterocycles. The number of hydrogen-bond acceptors (Lipinski definition) is 6. The predicted molar refractivity (Wildman–Crippen MR) is 159 cm³/mol. The second-order valence-corrected chi connectivity index (χ2v) is 10.8. The van der Waals surface area contributed by atoms with Crippen LogP contribution in [-0.2, 0) is 9.59 Å². The van der Waals surface area contributed by atoms with Gasteiger partial charge in [0, 0.05) is 5.69 Å². The molecule has 38 heavy (non-hydrogen) atoms. The zero-order valence-corrected chi connectivity index (χ0v) is 23.9. The second kappa shape index (κ2) is 12.0. The Kier molecular flexibility index (Phi) is 8.76. The van der Waals surface area contributed by atoms with Crippen LogP contribution >= 0.6 is 35.6 Å². The largest absolute Gasteiger partial charge is 0.490 e. The Hall–Kier alpha value is -3.33. The van der Waals surface area contributed by atoms with Gasteiger partial charge in [-0.15, -0.1) is 0 Å². The normalized spacial score (nSPS) is 14.2. The highest BCUT2D eigenvalue weighted by Crippen LogP contribution is 2.40. The van der Waals surface area contributed by atoms with Gasteiger partial charge in [-0.2, -0.15) is 0 Å². The molecule has 9 heteroatoms. The van der Waals surface area contributed by atoms with Crippen molar-refractivity contribution in [2.45, 2.75) is 27.7 Å². The van der Waals surface area contributed by atoms with Crippen LogP contribution in [0.5, 0.6) is 11.5 Å². The van der Waals surface area contributed by atoms with E-state index in [1.54, 1.807) is 18.2 Å². The molecule has 2 amide bonds. The summed E-state index contributed by atoms with van der Waals surface area (Å²) in [5.74, 6) is 0.100. The molecule has 1 aliphatic rings. The summed E-state index contributed by atoms with van der Waals surface area (Å²) in [4.78, 5) is 27.7. The van der Waals surface area contributed by atoms with Crippen LogP contribution in [0, 0.1) is 20.8 Å². The first-order valence-corrected chi connectivity index (χ1v) is 13.6. The molecule has 0 atom stereocenters. The van der Waals surface area contributed by atoms with Gasteiger partial charge >= 0.3 is 0 Å². The molecule has 1 fully saturated rings. The highest BCUT2D eigenvalue weighted by atomic mass is 35.5. The number of hydrogen-bond donors (Lipinski definition) is 1. The van der Waals surface area contributed by atoms with Gasteiger partial charge in [0.1, 0.15) is 0 Å². The number of anilines is 2. The van der Waals surface area contributed by atoms with Gasteiger partial charge < -0.3 is 14.8 Å². The lowest BCUT2D eigenvalue weighted by atomic mass is 10.1. The molecule has 3 aromatic carbocycles. The van der Waals surface area contributed by atoms with Gasteiger partial charge in [0.2, 0.25) is 0 Å². The third kappa shape index (κ3) is 6.38. The molecule has 0 bridgehead atoms. The van der Waals surface area contributed by atoms with Crippen molar-refractivity contribution in [2.75, 3.05) is 23.4 Å². The molecule has 0 saturated carbocycles. The van der Waals surface area contributed by atoms with Crippen LogP contribution in [0.3, 0.4) is 0 Å². The van der Waals surface area contributed by atoms with Gasteiger partial charge in [0.05, 0.1) is 22.2 Å². The van der Waals surface area contributed by atoms with Crippen LogP contribution in [0.2, 0.25) is 5.02 Å². The van der Waals surface area contributed by atoms with Crippen LogP contribution in [0.1, 0.15) is 29.2 Å². The number of carbonyl (C=O) groups is 2. The van der Waals surface area contributed by atoms with E-state index in [4.69, 9.17) is 33.3 Å². The molecule has 1 N–H and O–H groups in total. The number of nitrogens with zero attached hydrogens (tertiary/aromatic N) is 1. The molecule has 196 valence electrons. The first kappa shape index (κ1) is 27.7. The number of nitrogens with one attached hydrogen (secondary N) is 1. The average Bonchev–Trinajstić information content (AvgIpc) is 3.14. The molecule has 0 spiro atoms. The Morgan fingerprint density at radius 3 is 2.47 bits per heavy atom. The van der Waals surface area contributed by atoms with Gasteiger partial charge in [-0.1, -0.05) is 59.3 Å². The molecule has 6 nitrogen and oxygen atoms in total. The standard InChI is InChI=1S/C29H27ClN2O4S2/c1-5-35-24-14-20(13-23(30)27(24)36-16-26(33)31-21-9-6-17(2)7-10-21)15-25-28(34)32(29(37)38-25)22-11-8-18(3)19(4)12-22/h6-15H,5,16H2,1-4H3,(H,31,33)/b25-15-. The van der Waals surface area contributed by atoms with Gasteiger partial charge in [-0.3, -0.25) is 14.5 Å². The van der Waals surface area contributed by atoms with Crippen LogP contribution in [0.15, 0.2) is 59.5 Å². The maximum absolute atomic E-state index is 13.2. The number of carbonyl (C=O) groups excluding carboxylic acids is 2. The van der Waals surface area contributed by atoms with Crippen molar-refractivity contribution in [2.24, 2.45) is 0 Å². The smallest absolute Gasteiger partial charge is 0.270 e. The fraction of sp³-hybridized carbons (Fsp3) is 0.207. The van der Waals surface area contributed by atoms with Crippen LogP contribution in [0.4, 0.5) is 11.4 Å². The lowest BCUT2D eigenvalue weighted by molar-refractivity contribution is -0.118. The van der Waals surface area contributed by atoms with Crippen molar-refractivity contribution < 1.29 is 19.1 Å². The lowest BCUT2D eigenvalue weighted by Crippen LogP contribution is -2.27. The number of aryl methyl sites for hydroxylation is 3. The number of halogens is 1. The van der Waals surface area contributed by atoms with Gasteiger partial charge in [0.25, 0.3) is 11.8 Å². The van der Waals surface area contributed by atoms with E-state index >= 15 is 0 Å². The fourth-order valence-corrected chi connectivity index (χ4v) is 5.33. The third-order valence-electron chi connectivity index (χ3n) is 5.85. The first-order valence-electron chi connectivity index (χ1n) is 12.0. The highest BCUT2D eigenvalue weighted by Gasteiger charge is 2.33. The van der Waals surface area contributed by atoms with E-state index in [1.807, 2.05) is 70.2 Å². The molecule has 0 aliphatic carbocycles. The maximum Gasteiger partial charge on any atom is 0.270 e. The molecule has 1 saturated heterocycles. The molecule has 1 heterocycles. The Morgan fingerprint density at radius 1 is 1.05 bits per heavy atom. The van der Waals surface area contributed by atoms with Crippen LogP contribution < -0.4 is 19.7 Å². The van der Waals surface area contributed by atoms with Crippen molar-refractivity contribution in [1.29, 1.82) is 0 Å². The van der Waals surface area contributed by atoms with E-state index in [-0.39, 0.29) is 29.2 Å². The number of thioether (sulfide) groups is 1. The molecular formula is C29H27ClN2O4S2. The SMILES string of the molecule is CCOc1cc(/C=C2\SC(=S)N(c3ccc(C)c(C)c3)C2=O)cc(Cl)c1OCC(=O)Nc1ccc(C)cc1. The quantitative estimate of drug-likeness (QED) is 0.232. The highest BCUT2D eigenvalue weighted by molar-refractivity contribution is 8.27. The summed E-state index contributed by atoms with van der Waals surface area (Å²) in [7, 11) is 0. The summed E-state index contributed by atoms with van der Waals surface area (Å²) >= 11 is 13.3. The van der Waals surface area contributed by atoms with Gasteiger partial charge in [-0.25, -0.2) is 0 Å². The number of thiocarbonyl (C=S) groups is 1. The lowest BCUT2D eigenvalue weighted by Gasteiger charge is -2.16. The number of ether oxygens (including phenoxy) is 2. The zero-order chi connectivity index (χ0) is 27.4. The fourth-order valence-electron chi connectivity index (χ4n) is 3.75. The predicted octanol–water partition coefficient (Wildman–Crippen LogP) is 7.09. The molecule has 0 unspecified atom stereocenters. The van der Waals surface area contributed by atoms with Crippen molar-refractivity contribution in [3.8, 4) is 11.5 Å². The Bertz CT molecular complexity index is 1440. The van der Waals surface area contributed by atoms with Gasteiger partial charge in [0.15, 0.2) is 22.4 Å². The maximum atomic E-state index is 13.2. The van der Waals surface area contributed by atoms with E-state index in [1.165, 1.54) is 16.7 Å². The molecule has 1 aliphatic heterocycles. The number of rotatable bonds is 8. The Labute approximate surface area is 237 Å². The van der Waals surface area contributed by atoms with Crippen molar-refractivity contribution in [1.82, 2.24) is 0 Å². The summed E-state index contributed by atoms with van der Waals surface area (Å²) in [6, 6.07) is 16.7. The summed E-state index contributed by atoms with van der Waals surface area (Å²) in [5.41, 5.74) is 5.38. The third-order valence-corrected chi connectivity index (χ3v) is 7.44. The van der Waals surface area contributed by atoms with Crippen molar-refractivity contribution in [3.05, 3.63) is 86.8 Å². The minimum absolute atomic E-state index is 0.203. The molecule has 3 aromatic rings. The van der Waals surface area contributed by atoms with E-state index in [9.17, 15) is 9.59 Å². The molecule has 4 rings (SSSR count). The summed E-state index contributed by atoms with van der Waals surface area (Å²) < 4.78 is 12.0. The van der Waals surface area contributed by atoms with Crippen LogP contribution in [-0.4, -0.2) is 29.3 Å². The van der Waals surface area contributed by atoms with E-state index in [0.29, 0.717) is 32.8 Å². The van der Waals surface area contributed by atoms with Crippen molar-refractivity contribution in [3.63, 3.8) is 0 Å². The first-order chi connectivity index (χ1) is 18.2. The summed E-state index contributed by atoms with van der Waals surface area (Å²) in [6.45, 7) is 7.94. The topological polar surface area (TPSA) is 67.9 Å². The summed E-state index contributed by atoms with van der Waals surface area (Å²) in [6.07, 6.45) is 1.72. The van der Waals surface area contributed by atoms with Crippen LogP contribution in [0.25, 0.3) is 6.08 Å². The average molecular weight is 567 g/mol. The van der Waals surface area contributed by atoms with E-state index in [0.717, 1.165) is 22.4 Å². The minimum atomic E-state index is -0.327. The Morgan fingerprint density at radius 2 is 1.79 bits per heavy atom. The van der Waals surface area contributed by atoms with E-state index in [2.05, 4.69) is 5.32 Å². The number of benzene rings is 3. The number of amides is 2. The van der Waals surface area contributed by atoms with E-state index < -0.39 is 0 Å². The second-order valence-electron chi connectivity index (χ2n) is 8.75. The molecule has 0 radical (unpaired) electrons. The Balaban J connectivity index is 1.53. The molecular weight excluding hydrogens is 540 g/mol. The monoisotopic (exact) mass is 566 g/mol. The zero-order valence-electron chi connectivity index (χ0n) is 21.5. The summed E-state index contributed by atoms with van der Waals surface area (Å²) in [5, 5.41) is 3.05. The van der Waals surface area contributed by atoms with Crippen molar-refractivity contribution >= 4 is 69.2 Å². The van der Waals surface area contributed by atoms with Gasteiger partial charge in [-0.05, 0) is 86.9 Å². The minimum Gasteiger partial charge on any atom is -0.490 e.